The van der Waals surface area contributed by atoms with Crippen molar-refractivity contribution in [2.45, 2.75) is 112 Å². The van der Waals surface area contributed by atoms with Gasteiger partial charge in [0.15, 0.2) is 0 Å². The molecule has 0 spiro atoms. The molecular formula is C29H54. The molecule has 0 amide bonds. The fraction of sp³-hybridized carbons (Fsp3) is 0.862. The van der Waals surface area contributed by atoms with Gasteiger partial charge in [-0.05, 0) is 98.2 Å². The molecule has 0 aromatic heterocycles. The lowest BCUT2D eigenvalue weighted by atomic mass is 9.49. The first kappa shape index (κ1) is 26.5. The van der Waals surface area contributed by atoms with Crippen molar-refractivity contribution in [1.82, 2.24) is 0 Å². The maximum Gasteiger partial charge on any atom is -0.0266 e. The third-order valence-corrected chi connectivity index (χ3v) is 9.45. The quantitative estimate of drug-likeness (QED) is 0.412. The molecule has 4 saturated carbocycles. The Morgan fingerprint density at radius 2 is 1.41 bits per heavy atom. The highest BCUT2D eigenvalue weighted by Crippen LogP contribution is 2.64. The van der Waals surface area contributed by atoms with Crippen LogP contribution in [0.3, 0.4) is 0 Å². The van der Waals surface area contributed by atoms with Crippen LogP contribution in [0.15, 0.2) is 26.3 Å². The molecule has 0 N–H and O–H groups in total. The smallest absolute Gasteiger partial charge is 0.0266 e. The van der Waals surface area contributed by atoms with Crippen molar-refractivity contribution in [3.63, 3.8) is 0 Å². The van der Waals surface area contributed by atoms with E-state index >= 15 is 0 Å². The van der Waals surface area contributed by atoms with Gasteiger partial charge < -0.3 is 0 Å². The van der Waals surface area contributed by atoms with Gasteiger partial charge in [-0.15, -0.1) is 26.3 Å². The molecule has 0 aromatic rings. The first-order chi connectivity index (χ1) is 14.2. The van der Waals surface area contributed by atoms with Gasteiger partial charge >= 0.3 is 0 Å². The number of fused-ring (bicyclic) bond motifs is 5. The van der Waals surface area contributed by atoms with Crippen LogP contribution in [0.2, 0.25) is 0 Å². The zero-order valence-electron chi connectivity index (χ0n) is 20.9. The van der Waals surface area contributed by atoms with Gasteiger partial charge in [0.05, 0.1) is 0 Å². The van der Waals surface area contributed by atoms with E-state index in [-0.39, 0.29) is 0 Å². The maximum atomic E-state index is 3.00. The van der Waals surface area contributed by atoms with E-state index in [4.69, 9.17) is 0 Å². The summed E-state index contributed by atoms with van der Waals surface area (Å²) in [6, 6.07) is 0. The second-order valence-corrected chi connectivity index (χ2v) is 10.1. The predicted octanol–water partition coefficient (Wildman–Crippen LogP) is 9.71. The molecule has 8 atom stereocenters. The van der Waals surface area contributed by atoms with Gasteiger partial charge in [0.25, 0.3) is 0 Å². The molecule has 0 nitrogen and oxygen atoms in total. The summed E-state index contributed by atoms with van der Waals surface area (Å²) in [4.78, 5) is 0. The van der Waals surface area contributed by atoms with Gasteiger partial charge in [-0.3, -0.25) is 0 Å². The molecule has 29 heavy (non-hydrogen) atoms. The van der Waals surface area contributed by atoms with Gasteiger partial charge in [-0.25, -0.2) is 0 Å². The van der Waals surface area contributed by atoms with Crippen LogP contribution >= 0.6 is 0 Å². The van der Waals surface area contributed by atoms with Crippen molar-refractivity contribution in [3.05, 3.63) is 26.3 Å². The third kappa shape index (κ3) is 5.40. The molecule has 0 aromatic carbocycles. The summed E-state index contributed by atoms with van der Waals surface area (Å²) in [5.74, 6) is 7.73. The predicted molar refractivity (Wildman–Crippen MR) is 133 cm³/mol. The normalized spacial score (nSPS) is 42.2. The number of rotatable bonds is 3. The minimum absolute atomic E-state index is 0.724. The van der Waals surface area contributed by atoms with E-state index in [1.165, 1.54) is 19.3 Å². The fourth-order valence-electron chi connectivity index (χ4n) is 8.40. The monoisotopic (exact) mass is 402 g/mol. The summed E-state index contributed by atoms with van der Waals surface area (Å²) in [6.07, 6.45) is 18.6. The molecule has 4 rings (SSSR count). The summed E-state index contributed by atoms with van der Waals surface area (Å²) in [5.41, 5.74) is 0.724. The molecule has 4 fully saturated rings. The molecular weight excluding hydrogens is 348 g/mol. The van der Waals surface area contributed by atoms with Gasteiger partial charge in [0.1, 0.15) is 0 Å². The van der Waals surface area contributed by atoms with Gasteiger partial charge in [-0.2, -0.15) is 0 Å². The summed E-state index contributed by atoms with van der Waals surface area (Å²) in [5, 5.41) is 0. The van der Waals surface area contributed by atoms with E-state index in [9.17, 15) is 0 Å². The molecule has 4 aliphatic rings. The van der Waals surface area contributed by atoms with E-state index in [0.29, 0.717) is 0 Å². The highest BCUT2D eigenvalue weighted by atomic mass is 14.6. The Labute approximate surface area is 185 Å². The SMILES string of the molecule is C=C.C=C.CC.CCCC1CCC2C(CCC3C2CCC2(C)C(CC)CCC32)C1. The van der Waals surface area contributed by atoms with E-state index < -0.39 is 0 Å². The first-order valence-electron chi connectivity index (χ1n) is 13.2. The lowest BCUT2D eigenvalue weighted by Crippen LogP contribution is -2.48. The van der Waals surface area contributed by atoms with Crippen LogP contribution in [-0.2, 0) is 0 Å². The Bertz CT molecular complexity index is 437. The number of hydrogen-bond donors (Lipinski definition) is 0. The zero-order valence-corrected chi connectivity index (χ0v) is 20.9. The van der Waals surface area contributed by atoms with Crippen LogP contribution in [0.4, 0.5) is 0 Å². The van der Waals surface area contributed by atoms with Crippen LogP contribution in [0.1, 0.15) is 112 Å². The lowest BCUT2D eigenvalue weighted by Gasteiger charge is -2.56. The second-order valence-electron chi connectivity index (χ2n) is 10.1. The molecule has 170 valence electrons. The lowest BCUT2D eigenvalue weighted by molar-refractivity contribution is -0.0686. The molecule has 0 saturated heterocycles. The van der Waals surface area contributed by atoms with Crippen LogP contribution in [0.5, 0.6) is 0 Å². The van der Waals surface area contributed by atoms with E-state index in [2.05, 4.69) is 47.1 Å². The van der Waals surface area contributed by atoms with Crippen molar-refractivity contribution in [1.29, 1.82) is 0 Å². The van der Waals surface area contributed by atoms with Crippen LogP contribution in [0.25, 0.3) is 0 Å². The van der Waals surface area contributed by atoms with Crippen molar-refractivity contribution in [2.24, 2.45) is 46.8 Å². The summed E-state index contributed by atoms with van der Waals surface area (Å²) in [7, 11) is 0. The molecule has 8 unspecified atom stereocenters. The Kier molecular flexibility index (Phi) is 11.9. The molecule has 0 bridgehead atoms. The minimum atomic E-state index is 0.724. The largest absolute Gasteiger partial charge is 0.106 e. The third-order valence-electron chi connectivity index (χ3n) is 9.45. The Hall–Kier alpha value is -0.520. The van der Waals surface area contributed by atoms with Crippen molar-refractivity contribution >= 4 is 0 Å². The average molecular weight is 403 g/mol. The van der Waals surface area contributed by atoms with Crippen LogP contribution in [-0.4, -0.2) is 0 Å². The molecule has 4 aliphatic carbocycles. The molecule has 0 aliphatic heterocycles. The van der Waals surface area contributed by atoms with Crippen molar-refractivity contribution in [2.75, 3.05) is 0 Å². The molecule has 0 radical (unpaired) electrons. The highest BCUT2D eigenvalue weighted by Gasteiger charge is 2.56. The zero-order chi connectivity index (χ0) is 22.0. The van der Waals surface area contributed by atoms with E-state index in [1.807, 2.05) is 13.8 Å². The van der Waals surface area contributed by atoms with Crippen molar-refractivity contribution in [3.8, 4) is 0 Å². The van der Waals surface area contributed by atoms with E-state index in [1.54, 1.807) is 57.8 Å². The molecule has 0 heteroatoms. The molecule has 0 heterocycles. The first-order valence-corrected chi connectivity index (χ1v) is 13.2. The maximum absolute atomic E-state index is 3.00. The Morgan fingerprint density at radius 3 is 2.03 bits per heavy atom. The van der Waals surface area contributed by atoms with Gasteiger partial charge in [0, 0.05) is 0 Å². The summed E-state index contributed by atoms with van der Waals surface area (Å²) in [6.45, 7) is 23.5. The fourth-order valence-corrected chi connectivity index (χ4v) is 8.40. The van der Waals surface area contributed by atoms with E-state index in [0.717, 1.165) is 46.8 Å². The van der Waals surface area contributed by atoms with Crippen molar-refractivity contribution < 1.29 is 0 Å². The van der Waals surface area contributed by atoms with Crippen LogP contribution in [0, 0.1) is 46.8 Å². The Balaban J connectivity index is 0.000000644. The standard InChI is InChI=1S/C23H40.C2H6.2C2H4/c1-4-6-16-7-10-19-17(15-16)8-11-21-20(19)13-14-23(3)18(5-2)9-12-22(21)23;3*1-2/h16-22H,4-15H2,1-3H3;1-2H3;2*1-2H2. The summed E-state index contributed by atoms with van der Waals surface area (Å²) < 4.78 is 0. The van der Waals surface area contributed by atoms with Gasteiger partial charge in [0.2, 0.25) is 0 Å². The average Bonchev–Trinajstić information content (AvgIpc) is 3.14. The minimum Gasteiger partial charge on any atom is -0.106 e. The van der Waals surface area contributed by atoms with Gasteiger partial charge in [-0.1, -0.05) is 60.3 Å². The Morgan fingerprint density at radius 1 is 0.759 bits per heavy atom. The summed E-state index contributed by atoms with van der Waals surface area (Å²) >= 11 is 0. The second kappa shape index (κ2) is 13.0. The topological polar surface area (TPSA) is 0 Å². The van der Waals surface area contributed by atoms with Crippen LogP contribution < -0.4 is 0 Å². The highest BCUT2D eigenvalue weighted by molar-refractivity contribution is 5.05. The number of hydrogen-bond acceptors (Lipinski definition) is 0.